The van der Waals surface area contributed by atoms with Gasteiger partial charge in [0.05, 0.1) is 12.5 Å². The first-order valence-corrected chi connectivity index (χ1v) is 8.87. The molecule has 0 spiro atoms. The zero-order valence-electron chi connectivity index (χ0n) is 15.0. The number of nitrogens with one attached hydrogen (secondary N) is 3. The van der Waals surface area contributed by atoms with Crippen LogP contribution in [0.5, 0.6) is 0 Å². The van der Waals surface area contributed by atoms with Crippen LogP contribution >= 0.6 is 0 Å². The number of amides is 2. The van der Waals surface area contributed by atoms with Gasteiger partial charge in [0.2, 0.25) is 11.8 Å². The van der Waals surface area contributed by atoms with Gasteiger partial charge in [-0.2, -0.15) is 0 Å². The monoisotopic (exact) mass is 368 g/mol. The second-order valence-electron chi connectivity index (χ2n) is 6.42. The van der Waals surface area contributed by atoms with E-state index in [9.17, 15) is 18.4 Å². The lowest BCUT2D eigenvalue weighted by atomic mass is 10.0. The van der Waals surface area contributed by atoms with Gasteiger partial charge in [-0.15, -0.1) is 0 Å². The molecule has 144 valence electrons. The second kappa shape index (κ2) is 10.2. The summed E-state index contributed by atoms with van der Waals surface area (Å²) in [5.41, 5.74) is 0.0950. The van der Waals surface area contributed by atoms with Gasteiger partial charge in [-0.3, -0.25) is 9.59 Å². The molecular weight excluding hydrogens is 342 g/mol. The van der Waals surface area contributed by atoms with Crippen molar-refractivity contribution in [2.45, 2.75) is 25.8 Å². The Morgan fingerprint density at radius 3 is 2.65 bits per heavy atom. The van der Waals surface area contributed by atoms with Gasteiger partial charge < -0.3 is 20.9 Å². The Balaban J connectivity index is 1.82. The molecule has 1 unspecified atom stereocenters. The van der Waals surface area contributed by atoms with Crippen molar-refractivity contribution in [3.63, 3.8) is 0 Å². The lowest BCUT2D eigenvalue weighted by Crippen LogP contribution is -2.44. The summed E-state index contributed by atoms with van der Waals surface area (Å²) < 4.78 is 27.1. The van der Waals surface area contributed by atoms with Crippen molar-refractivity contribution in [1.82, 2.24) is 20.9 Å². The average molecular weight is 368 g/mol. The minimum atomic E-state index is -0.832. The summed E-state index contributed by atoms with van der Waals surface area (Å²) in [5, 5.41) is 8.63. The fraction of sp³-hybridized carbons (Fsp3) is 0.556. The molecule has 0 aromatic heterocycles. The van der Waals surface area contributed by atoms with Crippen molar-refractivity contribution < 1.29 is 18.4 Å². The third-order valence-corrected chi connectivity index (χ3v) is 4.29. The van der Waals surface area contributed by atoms with Crippen LogP contribution in [0.1, 0.15) is 31.4 Å². The first kappa shape index (κ1) is 20.3. The van der Waals surface area contributed by atoms with Gasteiger partial charge in [-0.25, -0.2) is 8.78 Å². The lowest BCUT2D eigenvalue weighted by Gasteiger charge is -2.27. The van der Waals surface area contributed by atoms with Crippen LogP contribution in [0.3, 0.4) is 0 Å². The van der Waals surface area contributed by atoms with Gasteiger partial charge in [0.25, 0.3) is 0 Å². The Hall–Kier alpha value is -2.06. The van der Waals surface area contributed by atoms with E-state index in [-0.39, 0.29) is 23.8 Å². The van der Waals surface area contributed by atoms with Gasteiger partial charge in [0.1, 0.15) is 11.6 Å². The highest BCUT2D eigenvalue weighted by molar-refractivity contribution is 5.79. The van der Waals surface area contributed by atoms with Gasteiger partial charge in [0.15, 0.2) is 0 Å². The second-order valence-corrected chi connectivity index (χ2v) is 6.42. The molecule has 1 aliphatic heterocycles. The fourth-order valence-electron chi connectivity index (χ4n) is 2.99. The minimum Gasteiger partial charge on any atom is -0.356 e. The highest BCUT2D eigenvalue weighted by Gasteiger charge is 2.20. The van der Waals surface area contributed by atoms with Crippen LogP contribution < -0.4 is 16.0 Å². The van der Waals surface area contributed by atoms with Gasteiger partial charge in [-0.1, -0.05) is 6.07 Å². The Kier molecular flexibility index (Phi) is 7.93. The minimum absolute atomic E-state index is 0.0950. The molecule has 0 radical (unpaired) electrons. The van der Waals surface area contributed by atoms with E-state index < -0.39 is 17.7 Å². The molecule has 8 heteroatoms. The average Bonchev–Trinajstić information content (AvgIpc) is 2.59. The van der Waals surface area contributed by atoms with E-state index >= 15 is 0 Å². The number of nitrogens with zero attached hydrogens (tertiary/aromatic N) is 1. The van der Waals surface area contributed by atoms with Crippen LogP contribution in [0.2, 0.25) is 0 Å². The fourth-order valence-corrected chi connectivity index (χ4v) is 2.99. The molecule has 0 aliphatic carbocycles. The van der Waals surface area contributed by atoms with Crippen molar-refractivity contribution >= 4 is 11.8 Å². The zero-order valence-corrected chi connectivity index (χ0v) is 15.0. The molecule has 3 N–H and O–H groups in total. The predicted molar refractivity (Wildman–Crippen MR) is 94.5 cm³/mol. The number of piperazine rings is 1. The van der Waals surface area contributed by atoms with Crippen LogP contribution in [0.15, 0.2) is 18.2 Å². The molecule has 2 rings (SSSR count). The smallest absolute Gasteiger partial charge is 0.222 e. The quantitative estimate of drug-likeness (QED) is 0.597. The van der Waals surface area contributed by atoms with Crippen LogP contribution in [0.4, 0.5) is 8.78 Å². The number of rotatable bonds is 8. The Labute approximate surface area is 152 Å². The summed E-state index contributed by atoms with van der Waals surface area (Å²) in [4.78, 5) is 25.9. The molecule has 1 aromatic carbocycles. The van der Waals surface area contributed by atoms with E-state index in [2.05, 4.69) is 20.9 Å². The van der Waals surface area contributed by atoms with Gasteiger partial charge in [-0.05, 0) is 19.0 Å². The van der Waals surface area contributed by atoms with Crippen molar-refractivity contribution in [2.75, 3.05) is 39.3 Å². The molecule has 0 bridgehead atoms. The molecule has 1 atom stereocenters. The maximum atomic E-state index is 14.0. The highest BCUT2D eigenvalue weighted by atomic mass is 19.1. The van der Waals surface area contributed by atoms with Crippen molar-refractivity contribution in [3.8, 4) is 0 Å². The van der Waals surface area contributed by atoms with E-state index in [1.807, 2.05) is 0 Å². The summed E-state index contributed by atoms with van der Waals surface area (Å²) >= 11 is 0. The third kappa shape index (κ3) is 6.68. The molecule has 1 aliphatic rings. The maximum absolute atomic E-state index is 14.0. The molecule has 2 amide bonds. The Bertz CT molecular complexity index is 621. The van der Waals surface area contributed by atoms with Crippen molar-refractivity contribution in [3.05, 3.63) is 35.4 Å². The van der Waals surface area contributed by atoms with E-state index in [0.29, 0.717) is 6.54 Å². The summed E-state index contributed by atoms with van der Waals surface area (Å²) in [6.07, 6.45) is 0.719. The first-order chi connectivity index (χ1) is 12.5. The van der Waals surface area contributed by atoms with Crippen molar-refractivity contribution in [2.24, 2.45) is 0 Å². The van der Waals surface area contributed by atoms with E-state index in [4.69, 9.17) is 0 Å². The largest absolute Gasteiger partial charge is 0.356 e. The molecule has 6 nitrogen and oxygen atoms in total. The number of hydrogen-bond donors (Lipinski definition) is 3. The van der Waals surface area contributed by atoms with Gasteiger partial charge in [0, 0.05) is 51.3 Å². The van der Waals surface area contributed by atoms with Crippen LogP contribution in [0, 0.1) is 11.6 Å². The Morgan fingerprint density at radius 1 is 1.27 bits per heavy atom. The van der Waals surface area contributed by atoms with Crippen LogP contribution in [-0.4, -0.2) is 56.0 Å². The molecule has 1 heterocycles. The van der Waals surface area contributed by atoms with E-state index in [1.54, 1.807) is 0 Å². The lowest BCUT2D eigenvalue weighted by molar-refractivity contribution is -0.122. The number of carbonyl (C=O) groups excluding carboxylic acids is 2. The Morgan fingerprint density at radius 2 is 2.00 bits per heavy atom. The topological polar surface area (TPSA) is 73.5 Å². The zero-order chi connectivity index (χ0) is 18.9. The standard InChI is InChI=1S/C18H26F2N4O2/c1-13(25)23-17(15-4-3-14(19)11-16(15)20)12-18(26)22-5-2-8-24-9-6-21-7-10-24/h3-4,11,17,21H,2,5-10,12H2,1H3,(H,22,26)(H,23,25). The maximum Gasteiger partial charge on any atom is 0.222 e. The third-order valence-electron chi connectivity index (χ3n) is 4.29. The summed E-state index contributed by atoms with van der Waals surface area (Å²) in [6, 6.07) is 2.28. The van der Waals surface area contributed by atoms with Crippen LogP contribution in [0.25, 0.3) is 0 Å². The highest BCUT2D eigenvalue weighted by Crippen LogP contribution is 2.21. The van der Waals surface area contributed by atoms with Crippen molar-refractivity contribution in [1.29, 1.82) is 0 Å². The first-order valence-electron chi connectivity index (χ1n) is 8.87. The number of carbonyl (C=O) groups is 2. The SMILES string of the molecule is CC(=O)NC(CC(=O)NCCCN1CCNCC1)c1ccc(F)cc1F. The summed E-state index contributed by atoms with van der Waals surface area (Å²) in [6.45, 7) is 6.68. The molecule has 1 saturated heterocycles. The van der Waals surface area contributed by atoms with E-state index in [1.165, 1.54) is 13.0 Å². The normalized spacial score (nSPS) is 16.1. The molecular formula is C18H26F2N4O2. The summed E-state index contributed by atoms with van der Waals surface area (Å²) in [5.74, 6) is -2.15. The molecule has 0 saturated carbocycles. The predicted octanol–water partition coefficient (Wildman–Crippen LogP) is 0.944. The number of benzene rings is 1. The van der Waals surface area contributed by atoms with Gasteiger partial charge >= 0.3 is 0 Å². The number of halogens is 2. The summed E-state index contributed by atoms with van der Waals surface area (Å²) in [7, 11) is 0. The molecule has 1 aromatic rings. The molecule has 26 heavy (non-hydrogen) atoms. The van der Waals surface area contributed by atoms with E-state index in [0.717, 1.165) is 51.3 Å². The number of hydrogen-bond acceptors (Lipinski definition) is 4. The van der Waals surface area contributed by atoms with Crippen LogP contribution in [-0.2, 0) is 9.59 Å². The molecule has 1 fully saturated rings.